The maximum atomic E-state index is 12.1. The van der Waals surface area contributed by atoms with Gasteiger partial charge in [-0.15, -0.1) is 0 Å². The molecule has 0 spiro atoms. The third-order valence-corrected chi connectivity index (χ3v) is 4.33. The number of benzene rings is 3. The van der Waals surface area contributed by atoms with E-state index >= 15 is 0 Å². The molecule has 28 heavy (non-hydrogen) atoms. The van der Waals surface area contributed by atoms with Crippen molar-refractivity contribution in [3.63, 3.8) is 0 Å². The van der Waals surface area contributed by atoms with Crippen molar-refractivity contribution >= 4 is 11.6 Å². The molecule has 0 heterocycles. The minimum Gasteiger partial charge on any atom is -0.493 e. The fraction of sp³-hybridized carbons (Fsp3) is 0.208. The first-order chi connectivity index (χ1) is 13.6. The molecule has 0 bridgehead atoms. The second-order valence-electron chi connectivity index (χ2n) is 6.71. The van der Waals surface area contributed by atoms with Gasteiger partial charge in [0, 0.05) is 12.1 Å². The van der Waals surface area contributed by atoms with Crippen molar-refractivity contribution < 1.29 is 14.3 Å². The summed E-state index contributed by atoms with van der Waals surface area (Å²) in [6, 6.07) is 23.5. The number of hydrogen-bond acceptors (Lipinski definition) is 3. The number of nitrogens with one attached hydrogen (secondary N) is 1. The van der Waals surface area contributed by atoms with Crippen LogP contribution < -0.4 is 14.8 Å². The summed E-state index contributed by atoms with van der Waals surface area (Å²) in [6.45, 7) is 4.58. The molecule has 3 rings (SSSR count). The molecule has 0 radical (unpaired) electrons. The number of ether oxygens (including phenoxy) is 2. The van der Waals surface area contributed by atoms with Gasteiger partial charge in [0.1, 0.15) is 11.5 Å². The maximum Gasteiger partial charge on any atom is 0.262 e. The highest BCUT2D eigenvalue weighted by molar-refractivity contribution is 5.91. The molecule has 1 N–H and O–H groups in total. The van der Waals surface area contributed by atoms with E-state index in [2.05, 4.69) is 17.4 Å². The van der Waals surface area contributed by atoms with Crippen LogP contribution in [0.5, 0.6) is 11.5 Å². The van der Waals surface area contributed by atoms with Gasteiger partial charge in [-0.1, -0.05) is 48.0 Å². The van der Waals surface area contributed by atoms with Crippen LogP contribution in [0.15, 0.2) is 72.8 Å². The van der Waals surface area contributed by atoms with Crippen LogP contribution in [0, 0.1) is 13.8 Å². The standard InChI is InChI=1S/C24H25NO3/c1-18-8-13-23(19(2)16-18)28-17-24(26)25-21-9-11-22(12-10-21)27-15-14-20-6-4-3-5-7-20/h3-13,16H,14-15,17H2,1-2H3,(H,25,26). The van der Waals surface area contributed by atoms with Crippen molar-refractivity contribution in [2.24, 2.45) is 0 Å². The van der Waals surface area contributed by atoms with Crippen LogP contribution in [0.4, 0.5) is 5.69 Å². The van der Waals surface area contributed by atoms with E-state index < -0.39 is 0 Å². The highest BCUT2D eigenvalue weighted by Crippen LogP contribution is 2.19. The Morgan fingerprint density at radius 1 is 0.893 bits per heavy atom. The predicted molar refractivity (Wildman–Crippen MR) is 112 cm³/mol. The van der Waals surface area contributed by atoms with E-state index in [0.29, 0.717) is 12.3 Å². The minimum absolute atomic E-state index is 0.0285. The Balaban J connectivity index is 1.43. The second-order valence-corrected chi connectivity index (χ2v) is 6.71. The highest BCUT2D eigenvalue weighted by Gasteiger charge is 2.06. The molecule has 3 aromatic carbocycles. The molecule has 1 amide bonds. The van der Waals surface area contributed by atoms with Crippen molar-refractivity contribution in [2.45, 2.75) is 20.3 Å². The number of hydrogen-bond donors (Lipinski definition) is 1. The lowest BCUT2D eigenvalue weighted by atomic mass is 10.1. The lowest BCUT2D eigenvalue weighted by Crippen LogP contribution is -2.20. The molecule has 144 valence electrons. The normalized spacial score (nSPS) is 10.4. The van der Waals surface area contributed by atoms with Crippen molar-refractivity contribution in [1.82, 2.24) is 0 Å². The first-order valence-electron chi connectivity index (χ1n) is 9.37. The highest BCUT2D eigenvalue weighted by atomic mass is 16.5. The summed E-state index contributed by atoms with van der Waals surface area (Å²) in [5, 5.41) is 2.83. The van der Waals surface area contributed by atoms with E-state index in [1.165, 1.54) is 11.1 Å². The summed E-state index contributed by atoms with van der Waals surface area (Å²) in [7, 11) is 0. The Labute approximate surface area is 166 Å². The van der Waals surface area contributed by atoms with E-state index in [1.807, 2.05) is 74.5 Å². The molecule has 0 aliphatic heterocycles. The third-order valence-electron chi connectivity index (χ3n) is 4.33. The molecular weight excluding hydrogens is 350 g/mol. The van der Waals surface area contributed by atoms with E-state index in [-0.39, 0.29) is 12.5 Å². The Bertz CT molecular complexity index is 905. The predicted octanol–water partition coefficient (Wildman–Crippen LogP) is 4.94. The van der Waals surface area contributed by atoms with Crippen LogP contribution in [-0.4, -0.2) is 19.1 Å². The Kier molecular flexibility index (Phi) is 6.68. The number of anilines is 1. The average Bonchev–Trinajstić information content (AvgIpc) is 2.69. The first kappa shape index (κ1) is 19.5. The number of rotatable bonds is 8. The van der Waals surface area contributed by atoms with Gasteiger partial charge in [-0.25, -0.2) is 0 Å². The zero-order valence-electron chi connectivity index (χ0n) is 16.3. The fourth-order valence-corrected chi connectivity index (χ4v) is 2.87. The van der Waals surface area contributed by atoms with Crippen LogP contribution >= 0.6 is 0 Å². The Hall–Kier alpha value is -3.27. The summed E-state index contributed by atoms with van der Waals surface area (Å²) in [4.78, 5) is 12.1. The van der Waals surface area contributed by atoms with Gasteiger partial charge in [0.15, 0.2) is 6.61 Å². The zero-order chi connectivity index (χ0) is 19.8. The van der Waals surface area contributed by atoms with Crippen LogP contribution in [0.2, 0.25) is 0 Å². The third kappa shape index (κ3) is 5.88. The molecule has 0 aliphatic carbocycles. The average molecular weight is 375 g/mol. The van der Waals surface area contributed by atoms with Crippen LogP contribution in [0.25, 0.3) is 0 Å². The van der Waals surface area contributed by atoms with Crippen molar-refractivity contribution in [1.29, 1.82) is 0 Å². The largest absolute Gasteiger partial charge is 0.493 e. The summed E-state index contributed by atoms with van der Waals surface area (Å²) >= 11 is 0. The van der Waals surface area contributed by atoms with Crippen molar-refractivity contribution in [2.75, 3.05) is 18.5 Å². The Morgan fingerprint density at radius 2 is 1.64 bits per heavy atom. The molecule has 0 saturated heterocycles. The molecular formula is C24H25NO3. The zero-order valence-corrected chi connectivity index (χ0v) is 16.3. The van der Waals surface area contributed by atoms with Gasteiger partial charge in [-0.3, -0.25) is 4.79 Å². The Morgan fingerprint density at radius 3 is 2.36 bits per heavy atom. The van der Waals surface area contributed by atoms with Gasteiger partial charge in [-0.05, 0) is 55.3 Å². The van der Waals surface area contributed by atoms with Gasteiger partial charge in [0.2, 0.25) is 0 Å². The van der Waals surface area contributed by atoms with Crippen LogP contribution in [0.3, 0.4) is 0 Å². The van der Waals surface area contributed by atoms with E-state index in [4.69, 9.17) is 9.47 Å². The monoisotopic (exact) mass is 375 g/mol. The van der Waals surface area contributed by atoms with E-state index in [1.54, 1.807) is 0 Å². The van der Waals surface area contributed by atoms with Gasteiger partial charge in [0.25, 0.3) is 5.91 Å². The van der Waals surface area contributed by atoms with Gasteiger partial charge >= 0.3 is 0 Å². The molecule has 0 atom stereocenters. The van der Waals surface area contributed by atoms with Gasteiger partial charge in [-0.2, -0.15) is 0 Å². The fourth-order valence-electron chi connectivity index (χ4n) is 2.87. The molecule has 0 fully saturated rings. The van der Waals surface area contributed by atoms with E-state index in [9.17, 15) is 4.79 Å². The molecule has 0 saturated carbocycles. The number of carbonyl (C=O) groups excluding carboxylic acids is 1. The number of aryl methyl sites for hydroxylation is 2. The van der Waals surface area contributed by atoms with Gasteiger partial charge < -0.3 is 14.8 Å². The van der Waals surface area contributed by atoms with E-state index in [0.717, 1.165) is 23.5 Å². The lowest BCUT2D eigenvalue weighted by Gasteiger charge is -2.11. The van der Waals surface area contributed by atoms with Crippen LogP contribution in [-0.2, 0) is 11.2 Å². The molecule has 0 aromatic heterocycles. The summed E-state index contributed by atoms with van der Waals surface area (Å²) in [5.41, 5.74) is 4.14. The second kappa shape index (κ2) is 9.60. The smallest absolute Gasteiger partial charge is 0.262 e. The van der Waals surface area contributed by atoms with Crippen molar-refractivity contribution in [3.8, 4) is 11.5 Å². The number of amides is 1. The number of carbonyl (C=O) groups is 1. The molecule has 3 aromatic rings. The lowest BCUT2D eigenvalue weighted by molar-refractivity contribution is -0.118. The summed E-state index contributed by atoms with van der Waals surface area (Å²) in [6.07, 6.45) is 0.856. The molecule has 0 unspecified atom stereocenters. The quantitative estimate of drug-likeness (QED) is 0.606. The van der Waals surface area contributed by atoms with Crippen molar-refractivity contribution in [3.05, 3.63) is 89.5 Å². The molecule has 0 aliphatic rings. The minimum atomic E-state index is -0.197. The molecule has 4 heteroatoms. The van der Waals surface area contributed by atoms with Crippen LogP contribution in [0.1, 0.15) is 16.7 Å². The van der Waals surface area contributed by atoms with Gasteiger partial charge in [0.05, 0.1) is 6.61 Å². The first-order valence-corrected chi connectivity index (χ1v) is 9.37. The maximum absolute atomic E-state index is 12.1. The topological polar surface area (TPSA) is 47.6 Å². The summed E-state index contributed by atoms with van der Waals surface area (Å²) < 4.78 is 11.4. The SMILES string of the molecule is Cc1ccc(OCC(=O)Nc2ccc(OCCc3ccccc3)cc2)c(C)c1. The summed E-state index contributed by atoms with van der Waals surface area (Å²) in [5.74, 6) is 1.31. The molecule has 4 nitrogen and oxygen atoms in total.